The molecule has 6 heteroatoms. The first-order valence-electron chi connectivity index (χ1n) is 5.56. The molecule has 0 aliphatic carbocycles. The maximum atomic E-state index is 10.8. The summed E-state index contributed by atoms with van der Waals surface area (Å²) in [6.45, 7) is 1.87. The number of halogens is 1. The van der Waals surface area contributed by atoms with Crippen molar-refractivity contribution < 1.29 is 9.66 Å². The molecule has 98 valence electrons. The van der Waals surface area contributed by atoms with E-state index in [1.807, 2.05) is 0 Å². The van der Waals surface area contributed by atoms with Crippen LogP contribution >= 0.6 is 11.6 Å². The van der Waals surface area contributed by atoms with Crippen molar-refractivity contribution in [1.82, 2.24) is 4.98 Å². The highest BCUT2D eigenvalue weighted by Gasteiger charge is 2.14. The van der Waals surface area contributed by atoms with Gasteiger partial charge in [0.05, 0.1) is 10.5 Å². The molecular formula is C13H11ClN2O3. The molecule has 0 bridgehead atoms. The first kappa shape index (κ1) is 13.3. The molecule has 0 N–H and O–H groups in total. The zero-order valence-corrected chi connectivity index (χ0v) is 10.9. The quantitative estimate of drug-likeness (QED) is 0.487. The fourth-order valence-corrected chi connectivity index (χ4v) is 1.81. The third-order valence-corrected chi connectivity index (χ3v) is 3.01. The van der Waals surface area contributed by atoms with Crippen molar-refractivity contribution in [3.05, 3.63) is 62.9 Å². The molecule has 0 aliphatic heterocycles. The minimum atomic E-state index is -0.431. The summed E-state index contributed by atoms with van der Waals surface area (Å²) in [6.07, 6.45) is 1.59. The molecule has 0 aliphatic rings. The first-order chi connectivity index (χ1) is 9.09. The largest absolute Gasteiger partial charge is 0.488 e. The molecule has 2 rings (SSSR count). The lowest BCUT2D eigenvalue weighted by Gasteiger charge is -2.09. The van der Waals surface area contributed by atoms with E-state index < -0.39 is 4.92 Å². The Morgan fingerprint density at radius 2 is 2.16 bits per heavy atom. The lowest BCUT2D eigenvalue weighted by Crippen LogP contribution is -2.00. The van der Waals surface area contributed by atoms with Crippen molar-refractivity contribution in [1.29, 1.82) is 0 Å². The highest BCUT2D eigenvalue weighted by molar-refractivity contribution is 6.30. The number of benzene rings is 1. The van der Waals surface area contributed by atoms with E-state index in [0.717, 1.165) is 5.56 Å². The Bertz CT molecular complexity index is 617. The van der Waals surface area contributed by atoms with Gasteiger partial charge in [-0.05, 0) is 19.1 Å². The minimum Gasteiger partial charge on any atom is -0.488 e. The summed E-state index contributed by atoms with van der Waals surface area (Å²) in [5.74, 6) is 0.467. The van der Waals surface area contributed by atoms with Gasteiger partial charge in [-0.25, -0.2) is 4.98 Å². The molecule has 1 aromatic heterocycles. The van der Waals surface area contributed by atoms with Crippen molar-refractivity contribution in [2.24, 2.45) is 0 Å². The van der Waals surface area contributed by atoms with E-state index >= 15 is 0 Å². The van der Waals surface area contributed by atoms with E-state index in [1.165, 1.54) is 6.07 Å². The lowest BCUT2D eigenvalue weighted by atomic mass is 10.2. The van der Waals surface area contributed by atoms with Gasteiger partial charge in [0.2, 0.25) is 0 Å². The molecule has 2 aromatic rings. The Hall–Kier alpha value is -2.14. The Morgan fingerprint density at radius 3 is 2.84 bits per heavy atom. The number of hydrogen-bond donors (Lipinski definition) is 0. The van der Waals surface area contributed by atoms with Crippen molar-refractivity contribution in [2.75, 3.05) is 0 Å². The molecule has 1 heterocycles. The Kier molecular flexibility index (Phi) is 3.97. The van der Waals surface area contributed by atoms with Crippen molar-refractivity contribution in [3.8, 4) is 5.75 Å². The summed E-state index contributed by atoms with van der Waals surface area (Å²) in [4.78, 5) is 14.3. The predicted octanol–water partition coefficient (Wildman–Crippen LogP) is 3.53. The van der Waals surface area contributed by atoms with E-state index in [-0.39, 0.29) is 12.3 Å². The van der Waals surface area contributed by atoms with Gasteiger partial charge in [-0.3, -0.25) is 10.1 Å². The zero-order chi connectivity index (χ0) is 13.8. The molecular weight excluding hydrogens is 268 g/mol. The molecule has 19 heavy (non-hydrogen) atoms. The topological polar surface area (TPSA) is 65.3 Å². The third kappa shape index (κ3) is 3.00. The van der Waals surface area contributed by atoms with Crippen molar-refractivity contribution in [2.45, 2.75) is 13.5 Å². The van der Waals surface area contributed by atoms with Gasteiger partial charge >= 0.3 is 0 Å². The third-order valence-electron chi connectivity index (χ3n) is 2.67. The SMILES string of the molecule is Cc1c(OCc2cccnc2Cl)cccc1[N+](=O)[O-]. The van der Waals surface area contributed by atoms with Gasteiger partial charge in [0, 0.05) is 17.8 Å². The van der Waals surface area contributed by atoms with Gasteiger partial charge in [0.1, 0.15) is 17.5 Å². The molecule has 0 atom stereocenters. The number of pyridine rings is 1. The van der Waals surface area contributed by atoms with Crippen LogP contribution in [0.1, 0.15) is 11.1 Å². The number of nitro benzene ring substituents is 1. The van der Waals surface area contributed by atoms with Crippen LogP contribution in [0, 0.1) is 17.0 Å². The molecule has 0 unspecified atom stereocenters. The van der Waals surface area contributed by atoms with E-state index in [0.29, 0.717) is 16.5 Å². The summed E-state index contributed by atoms with van der Waals surface area (Å²) in [6, 6.07) is 8.27. The van der Waals surface area contributed by atoms with Crippen LogP contribution in [0.3, 0.4) is 0 Å². The number of hydrogen-bond acceptors (Lipinski definition) is 4. The number of ether oxygens (including phenoxy) is 1. The standard InChI is InChI=1S/C13H11ClN2O3/c1-9-11(16(17)18)5-2-6-12(9)19-8-10-4-3-7-15-13(10)14/h2-7H,8H2,1H3. The molecule has 5 nitrogen and oxygen atoms in total. The normalized spacial score (nSPS) is 10.2. The van der Waals surface area contributed by atoms with Crippen LogP contribution in [0.25, 0.3) is 0 Å². The van der Waals surface area contributed by atoms with Crippen LogP contribution in [-0.4, -0.2) is 9.91 Å². The van der Waals surface area contributed by atoms with E-state index in [4.69, 9.17) is 16.3 Å². The monoisotopic (exact) mass is 278 g/mol. The van der Waals surface area contributed by atoms with Crippen LogP contribution in [0.15, 0.2) is 36.5 Å². The molecule has 0 amide bonds. The first-order valence-corrected chi connectivity index (χ1v) is 5.93. The maximum absolute atomic E-state index is 10.8. The van der Waals surface area contributed by atoms with Crippen LogP contribution in [0.2, 0.25) is 5.15 Å². The van der Waals surface area contributed by atoms with Crippen LogP contribution in [0.5, 0.6) is 5.75 Å². The van der Waals surface area contributed by atoms with Gasteiger partial charge in [0.25, 0.3) is 5.69 Å². The summed E-state index contributed by atoms with van der Waals surface area (Å²) in [7, 11) is 0. The second-order valence-corrected chi connectivity index (χ2v) is 4.26. The van der Waals surface area contributed by atoms with Gasteiger partial charge in [-0.2, -0.15) is 0 Å². The van der Waals surface area contributed by atoms with E-state index in [2.05, 4.69) is 4.98 Å². The van der Waals surface area contributed by atoms with E-state index in [1.54, 1.807) is 37.4 Å². The fraction of sp³-hybridized carbons (Fsp3) is 0.154. The van der Waals surface area contributed by atoms with Crippen molar-refractivity contribution in [3.63, 3.8) is 0 Å². The summed E-state index contributed by atoms with van der Waals surface area (Å²) >= 11 is 5.91. The molecule has 0 fully saturated rings. The lowest BCUT2D eigenvalue weighted by molar-refractivity contribution is -0.385. The van der Waals surface area contributed by atoms with Crippen molar-refractivity contribution >= 4 is 17.3 Å². The van der Waals surface area contributed by atoms with E-state index in [9.17, 15) is 10.1 Å². The summed E-state index contributed by atoms with van der Waals surface area (Å²) < 4.78 is 5.57. The molecule has 0 saturated heterocycles. The Morgan fingerprint density at radius 1 is 1.37 bits per heavy atom. The maximum Gasteiger partial charge on any atom is 0.276 e. The van der Waals surface area contributed by atoms with Gasteiger partial charge in [0.15, 0.2) is 0 Å². The highest BCUT2D eigenvalue weighted by atomic mass is 35.5. The number of nitro groups is 1. The summed E-state index contributed by atoms with van der Waals surface area (Å²) in [5.41, 5.74) is 1.26. The van der Waals surface area contributed by atoms with Crippen LogP contribution < -0.4 is 4.74 Å². The minimum absolute atomic E-state index is 0.0368. The fourth-order valence-electron chi connectivity index (χ4n) is 1.64. The molecule has 0 saturated carbocycles. The molecule has 0 spiro atoms. The summed E-state index contributed by atoms with van der Waals surface area (Å²) in [5, 5.41) is 11.2. The average molecular weight is 279 g/mol. The highest BCUT2D eigenvalue weighted by Crippen LogP contribution is 2.28. The molecule has 1 aromatic carbocycles. The predicted molar refractivity (Wildman–Crippen MR) is 71.4 cm³/mol. The average Bonchev–Trinajstić information content (AvgIpc) is 2.39. The second-order valence-electron chi connectivity index (χ2n) is 3.90. The smallest absolute Gasteiger partial charge is 0.276 e. The van der Waals surface area contributed by atoms with Crippen LogP contribution in [0.4, 0.5) is 5.69 Å². The van der Waals surface area contributed by atoms with Crippen LogP contribution in [-0.2, 0) is 6.61 Å². The molecule has 0 radical (unpaired) electrons. The Labute approximate surface area is 115 Å². The van der Waals surface area contributed by atoms with Gasteiger partial charge < -0.3 is 4.74 Å². The number of rotatable bonds is 4. The van der Waals surface area contributed by atoms with Gasteiger partial charge in [-0.15, -0.1) is 0 Å². The number of nitrogens with zero attached hydrogens (tertiary/aromatic N) is 2. The second kappa shape index (κ2) is 5.67. The zero-order valence-electron chi connectivity index (χ0n) is 10.2. The van der Waals surface area contributed by atoms with Gasteiger partial charge in [-0.1, -0.05) is 23.7 Å². The number of aromatic nitrogens is 1. The Balaban J connectivity index is 2.19.